The first kappa shape index (κ1) is 32.5. The van der Waals surface area contributed by atoms with Gasteiger partial charge in [-0.3, -0.25) is 9.89 Å². The molecule has 1 saturated heterocycles. The second-order valence-electron chi connectivity index (χ2n) is 10.6. The Morgan fingerprint density at radius 1 is 1.13 bits per heavy atom. The third-order valence-corrected chi connectivity index (χ3v) is 7.47. The van der Waals surface area contributed by atoms with Crippen LogP contribution in [0.15, 0.2) is 47.5 Å². The van der Waals surface area contributed by atoms with Crippen molar-refractivity contribution < 1.29 is 9.84 Å². The maximum atomic E-state index is 9.82. The van der Waals surface area contributed by atoms with Crippen molar-refractivity contribution in [3.63, 3.8) is 0 Å². The van der Waals surface area contributed by atoms with E-state index < -0.39 is 0 Å². The number of morpholine rings is 1. The van der Waals surface area contributed by atoms with Crippen LogP contribution in [0, 0.1) is 12.3 Å². The summed E-state index contributed by atoms with van der Waals surface area (Å²) >= 11 is 0. The lowest BCUT2D eigenvalue weighted by molar-refractivity contribution is 0.0182. The van der Waals surface area contributed by atoms with Crippen LogP contribution in [0.3, 0.4) is 0 Å². The van der Waals surface area contributed by atoms with Gasteiger partial charge in [0.25, 0.3) is 0 Å². The molecular formula is C34H51N3O2. The average Bonchev–Trinajstić information content (AvgIpc) is 2.94. The zero-order chi connectivity index (χ0) is 28.8. The van der Waals surface area contributed by atoms with Crippen LogP contribution in [0.4, 0.5) is 5.69 Å². The normalized spacial score (nSPS) is 15.5. The van der Waals surface area contributed by atoms with Gasteiger partial charge in [-0.1, -0.05) is 57.0 Å². The van der Waals surface area contributed by atoms with E-state index in [0.29, 0.717) is 11.5 Å². The molecule has 2 aromatic rings. The van der Waals surface area contributed by atoms with Crippen molar-refractivity contribution in [2.75, 3.05) is 26.3 Å². The topological polar surface area (TPSA) is 68.9 Å². The Kier molecular flexibility index (Phi) is 14.2. The smallest absolute Gasteiger partial charge is 0.118 e. The highest BCUT2D eigenvalue weighted by Crippen LogP contribution is 2.26. The van der Waals surface area contributed by atoms with E-state index in [1.54, 1.807) is 6.07 Å². The standard InChI is InChI=1S/C24H30N2O.C10H21NO/c1-6-20-14-19(11-13-24(20)27)10-9-17(4)26-23-15-21(12-8-16(23)3)22(7-2)18(5)25;1-3-4-5-10(2)11-6-8-12-9-7-11/h7-8,11-15,25,27H,6,9-10H2,1-5H3;10H,3-9H2,1-2H3/b22-7-,25-18?,26-17?;/t;10-/m.0/s1. The van der Waals surface area contributed by atoms with Gasteiger partial charge in [0.1, 0.15) is 5.75 Å². The molecule has 1 aliphatic rings. The Morgan fingerprint density at radius 2 is 1.85 bits per heavy atom. The molecule has 3 rings (SSSR count). The zero-order valence-corrected chi connectivity index (χ0v) is 25.4. The lowest BCUT2D eigenvalue weighted by atomic mass is 9.99. The predicted molar refractivity (Wildman–Crippen MR) is 168 cm³/mol. The first-order valence-corrected chi connectivity index (χ1v) is 14.7. The minimum Gasteiger partial charge on any atom is -0.508 e. The van der Waals surface area contributed by atoms with E-state index in [2.05, 4.69) is 63.8 Å². The molecule has 0 aliphatic carbocycles. The van der Waals surface area contributed by atoms with Crippen LogP contribution in [0.2, 0.25) is 0 Å². The fourth-order valence-electron chi connectivity index (χ4n) is 4.86. The fourth-order valence-corrected chi connectivity index (χ4v) is 4.86. The highest BCUT2D eigenvalue weighted by molar-refractivity contribution is 6.21. The first-order chi connectivity index (χ1) is 18.7. The van der Waals surface area contributed by atoms with Gasteiger partial charge in [0, 0.05) is 30.6 Å². The quantitative estimate of drug-likeness (QED) is 0.285. The molecule has 0 saturated carbocycles. The molecule has 1 fully saturated rings. The van der Waals surface area contributed by atoms with Crippen molar-refractivity contribution in [1.82, 2.24) is 4.90 Å². The summed E-state index contributed by atoms with van der Waals surface area (Å²) in [6.45, 7) is 18.7. The number of aromatic hydroxyl groups is 1. The van der Waals surface area contributed by atoms with Gasteiger partial charge in [-0.05, 0) is 100 Å². The molecule has 1 aliphatic heterocycles. The molecule has 5 nitrogen and oxygen atoms in total. The van der Waals surface area contributed by atoms with E-state index in [0.717, 1.165) is 85.3 Å². The third kappa shape index (κ3) is 10.7. The molecule has 0 radical (unpaired) electrons. The number of aliphatic imine (C=N–C) groups is 1. The molecule has 2 N–H and O–H groups in total. The number of aryl methyl sites for hydroxylation is 3. The Hall–Kier alpha value is -2.76. The van der Waals surface area contributed by atoms with E-state index in [4.69, 9.17) is 15.1 Å². The largest absolute Gasteiger partial charge is 0.508 e. The second kappa shape index (κ2) is 17.0. The van der Waals surface area contributed by atoms with Crippen LogP contribution in [0.25, 0.3) is 5.57 Å². The second-order valence-corrected chi connectivity index (χ2v) is 10.6. The molecule has 1 atom stereocenters. The Morgan fingerprint density at radius 3 is 2.46 bits per heavy atom. The predicted octanol–water partition coefficient (Wildman–Crippen LogP) is 8.33. The number of rotatable bonds is 11. The number of allylic oxidation sites excluding steroid dienone is 2. The van der Waals surface area contributed by atoms with Crippen LogP contribution >= 0.6 is 0 Å². The number of phenolic OH excluding ortho intramolecular Hbond substituents is 1. The minimum absolute atomic E-state index is 0.375. The molecule has 0 spiro atoms. The Balaban J connectivity index is 0.000000370. The zero-order valence-electron chi connectivity index (χ0n) is 25.4. The number of ether oxygens (including phenoxy) is 1. The van der Waals surface area contributed by atoms with Gasteiger partial charge in [0.05, 0.1) is 18.9 Å². The maximum Gasteiger partial charge on any atom is 0.118 e. The van der Waals surface area contributed by atoms with E-state index >= 15 is 0 Å². The molecule has 0 unspecified atom stereocenters. The number of nitrogens with one attached hydrogen (secondary N) is 1. The summed E-state index contributed by atoms with van der Waals surface area (Å²) in [5.74, 6) is 0.375. The summed E-state index contributed by atoms with van der Waals surface area (Å²) in [5.41, 5.74) is 7.93. The van der Waals surface area contributed by atoms with Crippen molar-refractivity contribution in [2.24, 2.45) is 4.99 Å². The highest BCUT2D eigenvalue weighted by atomic mass is 16.5. The molecule has 39 heavy (non-hydrogen) atoms. The molecule has 214 valence electrons. The van der Waals surface area contributed by atoms with Gasteiger partial charge in [-0.2, -0.15) is 0 Å². The van der Waals surface area contributed by atoms with Gasteiger partial charge < -0.3 is 15.3 Å². The Labute approximate surface area is 237 Å². The summed E-state index contributed by atoms with van der Waals surface area (Å²) in [6, 6.07) is 12.8. The summed E-state index contributed by atoms with van der Waals surface area (Å²) < 4.78 is 5.31. The van der Waals surface area contributed by atoms with E-state index in [1.807, 2.05) is 26.0 Å². The Bertz CT molecular complexity index is 1110. The number of hydrogen-bond donors (Lipinski definition) is 2. The number of hydrogen-bond acceptors (Lipinski definition) is 5. The lowest BCUT2D eigenvalue weighted by Gasteiger charge is -2.32. The first-order valence-electron chi connectivity index (χ1n) is 14.7. The van der Waals surface area contributed by atoms with Crippen LogP contribution in [0.1, 0.15) is 89.5 Å². The van der Waals surface area contributed by atoms with Crippen molar-refractivity contribution in [3.8, 4) is 5.75 Å². The molecule has 1 heterocycles. The molecule has 5 heteroatoms. The summed E-state index contributed by atoms with van der Waals surface area (Å²) in [4.78, 5) is 7.38. The molecule has 0 amide bonds. The summed E-state index contributed by atoms with van der Waals surface area (Å²) in [7, 11) is 0. The van der Waals surface area contributed by atoms with Crippen molar-refractivity contribution in [3.05, 3.63) is 64.7 Å². The minimum atomic E-state index is 0.375. The number of unbranched alkanes of at least 4 members (excludes halogenated alkanes) is 1. The molecular weight excluding hydrogens is 482 g/mol. The van der Waals surface area contributed by atoms with E-state index in [-0.39, 0.29) is 0 Å². The van der Waals surface area contributed by atoms with Crippen LogP contribution in [-0.4, -0.2) is 53.8 Å². The number of benzene rings is 2. The highest BCUT2D eigenvalue weighted by Gasteiger charge is 2.15. The van der Waals surface area contributed by atoms with Crippen LogP contribution in [-0.2, 0) is 17.6 Å². The van der Waals surface area contributed by atoms with Gasteiger partial charge >= 0.3 is 0 Å². The van der Waals surface area contributed by atoms with Crippen molar-refractivity contribution >= 4 is 22.7 Å². The van der Waals surface area contributed by atoms with Gasteiger partial charge in [0.2, 0.25) is 0 Å². The molecule has 0 bridgehead atoms. The lowest BCUT2D eigenvalue weighted by Crippen LogP contribution is -2.42. The van der Waals surface area contributed by atoms with Gasteiger partial charge in [-0.15, -0.1) is 0 Å². The van der Waals surface area contributed by atoms with Crippen LogP contribution < -0.4 is 0 Å². The number of phenols is 1. The fraction of sp³-hybridized carbons (Fsp3) is 0.529. The molecule has 0 aromatic heterocycles. The van der Waals surface area contributed by atoms with E-state index in [1.165, 1.54) is 24.8 Å². The van der Waals surface area contributed by atoms with E-state index in [9.17, 15) is 5.11 Å². The van der Waals surface area contributed by atoms with Gasteiger partial charge in [0.15, 0.2) is 0 Å². The third-order valence-electron chi connectivity index (χ3n) is 7.47. The summed E-state index contributed by atoms with van der Waals surface area (Å²) in [6.07, 6.45) is 8.60. The summed E-state index contributed by atoms with van der Waals surface area (Å²) in [5, 5.41) is 17.8. The maximum absolute atomic E-state index is 9.82. The van der Waals surface area contributed by atoms with Gasteiger partial charge in [-0.25, -0.2) is 0 Å². The van der Waals surface area contributed by atoms with Crippen molar-refractivity contribution in [1.29, 1.82) is 5.41 Å². The van der Waals surface area contributed by atoms with Crippen molar-refractivity contribution in [2.45, 2.75) is 93.0 Å². The average molecular weight is 534 g/mol. The molecule has 2 aromatic carbocycles. The number of nitrogens with zero attached hydrogens (tertiary/aromatic N) is 2. The van der Waals surface area contributed by atoms with Crippen LogP contribution in [0.5, 0.6) is 5.75 Å². The monoisotopic (exact) mass is 533 g/mol. The SMILES string of the molecule is C/C=C(/C(C)=N)c1ccc(C)c(N=C(C)CCc2ccc(O)c(CC)c2)c1.CCCC[C@H](C)N1CCOCC1.